The van der Waals surface area contributed by atoms with Crippen LogP contribution in [0.3, 0.4) is 0 Å². The first-order valence-electron chi connectivity index (χ1n) is 4.28. The van der Waals surface area contributed by atoms with Crippen molar-refractivity contribution < 1.29 is 10.0 Å². The van der Waals surface area contributed by atoms with E-state index in [1.807, 2.05) is 19.9 Å². The lowest BCUT2D eigenvalue weighted by molar-refractivity contribution is 0.425. The molecule has 0 radical (unpaired) electrons. The van der Waals surface area contributed by atoms with Crippen LogP contribution in [0.5, 0.6) is 0 Å². The van der Waals surface area contributed by atoms with Crippen LogP contribution >= 0.6 is 0 Å². The largest absolute Gasteiger partial charge is 0.488 e. The molecule has 0 aromatic heterocycles. The minimum absolute atomic E-state index is 0.261. The summed E-state index contributed by atoms with van der Waals surface area (Å²) in [6.45, 7) is 3.99. The van der Waals surface area contributed by atoms with Gasteiger partial charge in [-0.1, -0.05) is 19.9 Å². The van der Waals surface area contributed by atoms with Gasteiger partial charge in [0.05, 0.1) is 0 Å². The topological polar surface area (TPSA) is 66.5 Å². The fourth-order valence-electron chi connectivity index (χ4n) is 1.34. The molecule has 0 aliphatic heterocycles. The summed E-state index contributed by atoms with van der Waals surface area (Å²) in [6.07, 6.45) is 0. The van der Waals surface area contributed by atoms with Gasteiger partial charge in [0.25, 0.3) is 0 Å². The number of benzene rings is 1. The van der Waals surface area contributed by atoms with Crippen molar-refractivity contribution in [2.45, 2.75) is 19.8 Å². The second-order valence-electron chi connectivity index (χ2n) is 3.42. The SMILES string of the molecule is CC(C)c1ccc(N)cc1B(O)O. The van der Waals surface area contributed by atoms with E-state index in [-0.39, 0.29) is 5.92 Å². The third kappa shape index (κ3) is 2.23. The Balaban J connectivity index is 3.19. The minimum atomic E-state index is -1.44. The first kappa shape index (κ1) is 10.1. The fourth-order valence-corrected chi connectivity index (χ4v) is 1.34. The average Bonchev–Trinajstić information content (AvgIpc) is 2.03. The Hall–Kier alpha value is -0.995. The van der Waals surface area contributed by atoms with Crippen LogP contribution in [0.2, 0.25) is 0 Å². The van der Waals surface area contributed by atoms with Gasteiger partial charge >= 0.3 is 7.12 Å². The molecule has 1 aromatic carbocycles. The highest BCUT2D eigenvalue weighted by Gasteiger charge is 2.17. The van der Waals surface area contributed by atoms with Crippen LogP contribution in [0.1, 0.15) is 25.3 Å². The molecule has 0 heterocycles. The maximum absolute atomic E-state index is 9.08. The number of hydrogen-bond donors (Lipinski definition) is 3. The van der Waals surface area contributed by atoms with Gasteiger partial charge in [-0.15, -0.1) is 0 Å². The fraction of sp³-hybridized carbons (Fsp3) is 0.333. The van der Waals surface area contributed by atoms with E-state index in [2.05, 4.69) is 0 Å². The van der Waals surface area contributed by atoms with E-state index >= 15 is 0 Å². The molecule has 13 heavy (non-hydrogen) atoms. The Kier molecular flexibility index (Phi) is 2.96. The van der Waals surface area contributed by atoms with Crippen LogP contribution in [0.4, 0.5) is 5.69 Å². The zero-order valence-electron chi connectivity index (χ0n) is 7.86. The van der Waals surface area contributed by atoms with Gasteiger partial charge in [0.2, 0.25) is 0 Å². The Labute approximate surface area is 78.3 Å². The summed E-state index contributed by atoms with van der Waals surface area (Å²) in [4.78, 5) is 0. The van der Waals surface area contributed by atoms with Crippen molar-refractivity contribution >= 4 is 18.3 Å². The van der Waals surface area contributed by atoms with Crippen molar-refractivity contribution in [1.82, 2.24) is 0 Å². The molecule has 0 saturated heterocycles. The molecule has 1 rings (SSSR count). The van der Waals surface area contributed by atoms with Crippen LogP contribution in [0, 0.1) is 0 Å². The molecular weight excluding hydrogens is 165 g/mol. The summed E-state index contributed by atoms with van der Waals surface area (Å²) in [7, 11) is -1.44. The van der Waals surface area contributed by atoms with E-state index in [1.54, 1.807) is 12.1 Å². The van der Waals surface area contributed by atoms with E-state index in [1.165, 1.54) is 0 Å². The number of anilines is 1. The number of hydrogen-bond acceptors (Lipinski definition) is 3. The first-order valence-corrected chi connectivity index (χ1v) is 4.28. The van der Waals surface area contributed by atoms with Crippen LogP contribution < -0.4 is 11.2 Å². The molecule has 0 unspecified atom stereocenters. The third-order valence-corrected chi connectivity index (χ3v) is 2.01. The first-order chi connectivity index (χ1) is 6.02. The van der Waals surface area contributed by atoms with Gasteiger partial charge < -0.3 is 15.8 Å². The van der Waals surface area contributed by atoms with Crippen LogP contribution in [-0.4, -0.2) is 17.2 Å². The van der Waals surface area contributed by atoms with Gasteiger partial charge in [0.15, 0.2) is 0 Å². The van der Waals surface area contributed by atoms with Crippen molar-refractivity contribution in [2.75, 3.05) is 5.73 Å². The van der Waals surface area contributed by atoms with Crippen LogP contribution in [-0.2, 0) is 0 Å². The Morgan fingerprint density at radius 2 is 1.92 bits per heavy atom. The molecule has 4 N–H and O–H groups in total. The van der Waals surface area contributed by atoms with E-state index < -0.39 is 7.12 Å². The number of rotatable bonds is 2. The molecule has 0 fully saturated rings. The zero-order chi connectivity index (χ0) is 10.0. The Bertz CT molecular complexity index is 300. The number of nitrogens with two attached hydrogens (primary N) is 1. The summed E-state index contributed by atoms with van der Waals surface area (Å²) in [5, 5.41) is 18.2. The van der Waals surface area contributed by atoms with E-state index in [4.69, 9.17) is 15.8 Å². The molecule has 0 aliphatic carbocycles. The predicted octanol–water partition coefficient (Wildman–Crippen LogP) is 0.0720. The third-order valence-electron chi connectivity index (χ3n) is 2.01. The Morgan fingerprint density at radius 1 is 1.31 bits per heavy atom. The molecule has 3 nitrogen and oxygen atoms in total. The average molecular weight is 179 g/mol. The summed E-state index contributed by atoms with van der Waals surface area (Å²) in [6, 6.07) is 5.19. The van der Waals surface area contributed by atoms with Gasteiger partial charge in [0, 0.05) is 5.69 Å². The van der Waals surface area contributed by atoms with E-state index in [9.17, 15) is 0 Å². The molecule has 70 valence electrons. The highest BCUT2D eigenvalue weighted by atomic mass is 16.4. The van der Waals surface area contributed by atoms with Gasteiger partial charge in [-0.05, 0) is 29.1 Å². The molecule has 4 heteroatoms. The highest BCUT2D eigenvalue weighted by Crippen LogP contribution is 2.14. The highest BCUT2D eigenvalue weighted by molar-refractivity contribution is 6.59. The monoisotopic (exact) mass is 179 g/mol. The smallest absolute Gasteiger partial charge is 0.423 e. The molecule has 0 bridgehead atoms. The molecule has 1 aromatic rings. The molecule has 0 aliphatic rings. The number of nitrogen functional groups attached to an aromatic ring is 1. The normalized spacial score (nSPS) is 10.5. The lowest BCUT2D eigenvalue weighted by Crippen LogP contribution is -2.33. The van der Waals surface area contributed by atoms with Gasteiger partial charge in [0.1, 0.15) is 0 Å². The summed E-state index contributed by atoms with van der Waals surface area (Å²) in [5.41, 5.74) is 7.51. The van der Waals surface area contributed by atoms with Crippen LogP contribution in [0.15, 0.2) is 18.2 Å². The molecule has 0 amide bonds. The quantitative estimate of drug-likeness (QED) is 0.444. The second-order valence-corrected chi connectivity index (χ2v) is 3.42. The van der Waals surface area contributed by atoms with Gasteiger partial charge in [-0.25, -0.2) is 0 Å². The summed E-state index contributed by atoms with van der Waals surface area (Å²) in [5.74, 6) is 0.261. The minimum Gasteiger partial charge on any atom is -0.423 e. The Morgan fingerprint density at radius 3 is 2.38 bits per heavy atom. The van der Waals surface area contributed by atoms with Crippen molar-refractivity contribution in [2.24, 2.45) is 0 Å². The van der Waals surface area contributed by atoms with E-state index in [0.29, 0.717) is 11.2 Å². The van der Waals surface area contributed by atoms with Crippen molar-refractivity contribution in [3.8, 4) is 0 Å². The second kappa shape index (κ2) is 3.81. The van der Waals surface area contributed by atoms with Gasteiger partial charge in [-0.2, -0.15) is 0 Å². The predicted molar refractivity (Wildman–Crippen MR) is 54.8 cm³/mol. The maximum Gasteiger partial charge on any atom is 0.488 e. The molecule has 0 saturated carbocycles. The lowest BCUT2D eigenvalue weighted by atomic mass is 9.74. The lowest BCUT2D eigenvalue weighted by Gasteiger charge is -2.12. The van der Waals surface area contributed by atoms with E-state index in [0.717, 1.165) is 5.56 Å². The van der Waals surface area contributed by atoms with Crippen molar-refractivity contribution in [3.63, 3.8) is 0 Å². The maximum atomic E-state index is 9.08. The zero-order valence-corrected chi connectivity index (χ0v) is 7.86. The van der Waals surface area contributed by atoms with Gasteiger partial charge in [-0.3, -0.25) is 0 Å². The molecule has 0 spiro atoms. The standard InChI is InChI=1S/C9H14BNO2/c1-6(2)8-4-3-7(11)5-9(8)10(12)13/h3-6,12-13H,11H2,1-2H3. The molecule has 0 atom stereocenters. The summed E-state index contributed by atoms with van der Waals surface area (Å²) < 4.78 is 0. The summed E-state index contributed by atoms with van der Waals surface area (Å²) >= 11 is 0. The van der Waals surface area contributed by atoms with Crippen molar-refractivity contribution in [1.29, 1.82) is 0 Å². The van der Waals surface area contributed by atoms with Crippen molar-refractivity contribution in [3.05, 3.63) is 23.8 Å². The van der Waals surface area contributed by atoms with Crippen LogP contribution in [0.25, 0.3) is 0 Å². The molecular formula is C9H14BNO2.